The Bertz CT molecular complexity index is 589. The molecule has 2 aromatic rings. The Kier molecular flexibility index (Phi) is 3.70. The number of nitrogens with one attached hydrogen (secondary N) is 2. The first kappa shape index (κ1) is 13.7. The molecule has 0 bridgehead atoms. The van der Waals surface area contributed by atoms with E-state index >= 15 is 0 Å². The molecule has 3 N–H and O–H groups in total. The summed E-state index contributed by atoms with van der Waals surface area (Å²) in [6.07, 6.45) is 8.04. The standard InChI is InChI=1S/C13H19N7O/c1-2-15-10-16-11(19-13(8-21)4-3-5-13)18-12(17-10)20-7-6-14-9-20/h6-7,9,21H,2-5,8H2,1H3,(H2,15,16,17,18,19). The monoisotopic (exact) mass is 289 g/mol. The molecule has 21 heavy (non-hydrogen) atoms. The zero-order valence-corrected chi connectivity index (χ0v) is 12.0. The summed E-state index contributed by atoms with van der Waals surface area (Å²) >= 11 is 0. The first-order valence-electron chi connectivity index (χ1n) is 7.12. The summed E-state index contributed by atoms with van der Waals surface area (Å²) in [6.45, 7) is 2.78. The molecule has 0 amide bonds. The van der Waals surface area contributed by atoms with Gasteiger partial charge >= 0.3 is 0 Å². The van der Waals surface area contributed by atoms with Gasteiger partial charge in [-0.25, -0.2) is 4.98 Å². The number of imidazole rings is 1. The molecular formula is C13H19N7O. The quantitative estimate of drug-likeness (QED) is 0.723. The maximum absolute atomic E-state index is 9.56. The van der Waals surface area contributed by atoms with Crippen LogP contribution < -0.4 is 10.6 Å². The van der Waals surface area contributed by atoms with Gasteiger partial charge in [0.1, 0.15) is 6.33 Å². The highest BCUT2D eigenvalue weighted by molar-refractivity contribution is 5.40. The van der Waals surface area contributed by atoms with Crippen LogP contribution in [-0.4, -0.2) is 48.3 Å². The van der Waals surface area contributed by atoms with Gasteiger partial charge in [0, 0.05) is 18.9 Å². The fourth-order valence-corrected chi connectivity index (χ4v) is 2.31. The lowest BCUT2D eigenvalue weighted by molar-refractivity contribution is 0.143. The molecule has 112 valence electrons. The van der Waals surface area contributed by atoms with Gasteiger partial charge in [0.15, 0.2) is 0 Å². The van der Waals surface area contributed by atoms with Crippen LogP contribution in [-0.2, 0) is 0 Å². The lowest BCUT2D eigenvalue weighted by Gasteiger charge is -2.40. The van der Waals surface area contributed by atoms with Crippen LogP contribution in [0.25, 0.3) is 5.95 Å². The van der Waals surface area contributed by atoms with E-state index in [-0.39, 0.29) is 12.1 Å². The Hall–Kier alpha value is -2.22. The molecule has 0 radical (unpaired) electrons. The van der Waals surface area contributed by atoms with E-state index in [1.165, 1.54) is 0 Å². The Morgan fingerprint density at radius 2 is 2.10 bits per heavy atom. The summed E-state index contributed by atoms with van der Waals surface area (Å²) < 4.78 is 1.72. The maximum Gasteiger partial charge on any atom is 0.241 e. The van der Waals surface area contributed by atoms with Crippen molar-refractivity contribution in [3.63, 3.8) is 0 Å². The average Bonchev–Trinajstić information content (AvgIpc) is 2.97. The van der Waals surface area contributed by atoms with Crippen LogP contribution in [0.4, 0.5) is 11.9 Å². The second-order valence-electron chi connectivity index (χ2n) is 5.20. The minimum Gasteiger partial charge on any atom is -0.394 e. The van der Waals surface area contributed by atoms with Crippen molar-refractivity contribution in [2.45, 2.75) is 31.7 Å². The van der Waals surface area contributed by atoms with Crippen LogP contribution in [0.15, 0.2) is 18.7 Å². The molecule has 0 unspecified atom stereocenters. The Morgan fingerprint density at radius 3 is 2.67 bits per heavy atom. The van der Waals surface area contributed by atoms with E-state index < -0.39 is 0 Å². The van der Waals surface area contributed by atoms with Crippen LogP contribution in [0, 0.1) is 0 Å². The summed E-state index contributed by atoms with van der Waals surface area (Å²) in [5.74, 6) is 1.47. The smallest absolute Gasteiger partial charge is 0.241 e. The van der Waals surface area contributed by atoms with Gasteiger partial charge in [-0.05, 0) is 26.2 Å². The van der Waals surface area contributed by atoms with E-state index in [4.69, 9.17) is 0 Å². The molecule has 0 saturated heterocycles. The van der Waals surface area contributed by atoms with Crippen molar-refractivity contribution < 1.29 is 5.11 Å². The molecule has 0 atom stereocenters. The van der Waals surface area contributed by atoms with Gasteiger partial charge in [0.05, 0.1) is 12.1 Å². The van der Waals surface area contributed by atoms with Crippen LogP contribution in [0.5, 0.6) is 0 Å². The number of nitrogens with zero attached hydrogens (tertiary/aromatic N) is 5. The third kappa shape index (κ3) is 2.80. The predicted molar refractivity (Wildman–Crippen MR) is 78.4 cm³/mol. The van der Waals surface area contributed by atoms with E-state index in [1.807, 2.05) is 6.92 Å². The van der Waals surface area contributed by atoms with Crippen molar-refractivity contribution >= 4 is 11.9 Å². The van der Waals surface area contributed by atoms with Crippen molar-refractivity contribution in [2.24, 2.45) is 0 Å². The number of aliphatic hydroxyl groups is 1. The largest absolute Gasteiger partial charge is 0.394 e. The predicted octanol–water partition coefficient (Wildman–Crippen LogP) is 0.816. The van der Waals surface area contributed by atoms with Gasteiger partial charge in [-0.3, -0.25) is 4.57 Å². The topological polar surface area (TPSA) is 101 Å². The number of rotatable bonds is 6. The van der Waals surface area contributed by atoms with Gasteiger partial charge < -0.3 is 15.7 Å². The molecule has 1 fully saturated rings. The first-order valence-corrected chi connectivity index (χ1v) is 7.12. The number of anilines is 2. The van der Waals surface area contributed by atoms with Crippen molar-refractivity contribution in [1.29, 1.82) is 0 Å². The van der Waals surface area contributed by atoms with Crippen molar-refractivity contribution in [3.05, 3.63) is 18.7 Å². The zero-order chi connectivity index (χ0) is 14.7. The van der Waals surface area contributed by atoms with E-state index in [0.717, 1.165) is 25.8 Å². The van der Waals surface area contributed by atoms with Gasteiger partial charge in [-0.1, -0.05) is 0 Å². The average molecular weight is 289 g/mol. The first-order chi connectivity index (χ1) is 10.2. The normalized spacial score (nSPS) is 16.3. The summed E-state index contributed by atoms with van der Waals surface area (Å²) in [4.78, 5) is 17.1. The highest BCUT2D eigenvalue weighted by Crippen LogP contribution is 2.34. The second-order valence-corrected chi connectivity index (χ2v) is 5.20. The molecule has 2 aromatic heterocycles. The van der Waals surface area contributed by atoms with Crippen molar-refractivity contribution in [2.75, 3.05) is 23.8 Å². The highest BCUT2D eigenvalue weighted by Gasteiger charge is 2.37. The molecule has 1 aliphatic rings. The summed E-state index contributed by atoms with van der Waals surface area (Å²) in [5.41, 5.74) is -0.295. The Morgan fingerprint density at radius 1 is 1.29 bits per heavy atom. The summed E-state index contributed by atoms with van der Waals surface area (Å²) in [7, 11) is 0. The highest BCUT2D eigenvalue weighted by atomic mass is 16.3. The molecule has 1 saturated carbocycles. The van der Waals surface area contributed by atoms with Gasteiger partial charge in [0.2, 0.25) is 17.8 Å². The molecule has 0 aromatic carbocycles. The SMILES string of the molecule is CCNc1nc(NC2(CO)CCC2)nc(-n2ccnc2)n1. The van der Waals surface area contributed by atoms with E-state index in [1.54, 1.807) is 23.3 Å². The van der Waals surface area contributed by atoms with Crippen molar-refractivity contribution in [1.82, 2.24) is 24.5 Å². The molecule has 0 aliphatic heterocycles. The number of hydrogen-bond donors (Lipinski definition) is 3. The molecular weight excluding hydrogens is 270 g/mol. The molecule has 1 aliphatic carbocycles. The fourth-order valence-electron chi connectivity index (χ4n) is 2.31. The van der Waals surface area contributed by atoms with E-state index in [9.17, 15) is 5.11 Å². The van der Waals surface area contributed by atoms with Crippen molar-refractivity contribution in [3.8, 4) is 5.95 Å². The minimum atomic E-state index is -0.295. The third-order valence-corrected chi connectivity index (χ3v) is 3.68. The maximum atomic E-state index is 9.56. The molecule has 3 rings (SSSR count). The van der Waals surface area contributed by atoms with Gasteiger partial charge in [0.25, 0.3) is 0 Å². The summed E-state index contributed by atoms with van der Waals surface area (Å²) in [6, 6.07) is 0. The number of aromatic nitrogens is 5. The second kappa shape index (κ2) is 5.65. The van der Waals surface area contributed by atoms with Crippen LogP contribution >= 0.6 is 0 Å². The number of aliphatic hydroxyl groups excluding tert-OH is 1. The fraction of sp³-hybridized carbons (Fsp3) is 0.538. The van der Waals surface area contributed by atoms with Crippen LogP contribution in [0.3, 0.4) is 0 Å². The van der Waals surface area contributed by atoms with E-state index in [2.05, 4.69) is 30.6 Å². The zero-order valence-electron chi connectivity index (χ0n) is 12.0. The summed E-state index contributed by atoms with van der Waals surface area (Å²) in [5, 5.41) is 15.9. The minimum absolute atomic E-state index is 0.0790. The lowest BCUT2D eigenvalue weighted by atomic mass is 9.77. The third-order valence-electron chi connectivity index (χ3n) is 3.68. The Labute approximate surface area is 122 Å². The molecule has 2 heterocycles. The number of hydrogen-bond acceptors (Lipinski definition) is 7. The Balaban J connectivity index is 1.91. The van der Waals surface area contributed by atoms with Gasteiger partial charge in [-0.2, -0.15) is 15.0 Å². The lowest BCUT2D eigenvalue weighted by Crippen LogP contribution is -2.48. The van der Waals surface area contributed by atoms with E-state index in [0.29, 0.717) is 17.8 Å². The van der Waals surface area contributed by atoms with Crippen LogP contribution in [0.2, 0.25) is 0 Å². The molecule has 8 heteroatoms. The molecule has 8 nitrogen and oxygen atoms in total. The van der Waals surface area contributed by atoms with Gasteiger partial charge in [-0.15, -0.1) is 0 Å². The molecule has 0 spiro atoms. The van der Waals surface area contributed by atoms with Crippen LogP contribution in [0.1, 0.15) is 26.2 Å².